The third-order valence-corrected chi connectivity index (χ3v) is 3.66. The van der Waals surface area contributed by atoms with E-state index < -0.39 is 11.7 Å². The average molecular weight is 320 g/mol. The highest BCUT2D eigenvalue weighted by atomic mass is 16.6. The molecule has 126 valence electrons. The quantitative estimate of drug-likeness (QED) is 0.895. The number of carbonyl (C=O) groups is 2. The van der Waals surface area contributed by atoms with Crippen molar-refractivity contribution in [3.8, 4) is 5.75 Å². The summed E-state index contributed by atoms with van der Waals surface area (Å²) in [5.41, 5.74) is 0.461. The molecule has 6 nitrogen and oxygen atoms in total. The van der Waals surface area contributed by atoms with Crippen molar-refractivity contribution in [2.75, 3.05) is 13.7 Å². The van der Waals surface area contributed by atoms with E-state index in [1.807, 2.05) is 24.3 Å². The van der Waals surface area contributed by atoms with Crippen molar-refractivity contribution in [2.45, 2.75) is 44.8 Å². The molecule has 2 N–H and O–H groups in total. The summed E-state index contributed by atoms with van der Waals surface area (Å²) in [6.07, 6.45) is -0.272. The van der Waals surface area contributed by atoms with Gasteiger partial charge in [-0.3, -0.25) is 4.79 Å². The lowest BCUT2D eigenvalue weighted by Crippen LogP contribution is -2.51. The van der Waals surface area contributed by atoms with Gasteiger partial charge >= 0.3 is 6.09 Å². The largest absolute Gasteiger partial charge is 0.497 e. The van der Waals surface area contributed by atoms with Crippen LogP contribution in [0.4, 0.5) is 4.79 Å². The number of methoxy groups -OCH3 is 1. The van der Waals surface area contributed by atoms with E-state index in [4.69, 9.17) is 9.47 Å². The summed E-state index contributed by atoms with van der Waals surface area (Å²) >= 11 is 0. The molecular formula is C17H24N2O4. The Morgan fingerprint density at radius 1 is 1.26 bits per heavy atom. The number of nitrogens with one attached hydrogen (secondary N) is 2. The Morgan fingerprint density at radius 3 is 2.48 bits per heavy atom. The maximum absolute atomic E-state index is 12.0. The zero-order chi connectivity index (χ0) is 17.0. The molecule has 1 aliphatic heterocycles. The number of ether oxygens (including phenoxy) is 2. The van der Waals surface area contributed by atoms with Gasteiger partial charge in [0.15, 0.2) is 0 Å². The number of benzene rings is 1. The average Bonchev–Trinajstić information content (AvgIpc) is 2.45. The predicted octanol–water partition coefficient (Wildman–Crippen LogP) is 2.19. The molecule has 0 aliphatic carbocycles. The molecule has 2 rings (SSSR count). The van der Waals surface area contributed by atoms with Crippen LogP contribution in [0.15, 0.2) is 24.3 Å². The lowest BCUT2D eigenvalue weighted by Gasteiger charge is -2.33. The van der Waals surface area contributed by atoms with Crippen LogP contribution in [0, 0.1) is 0 Å². The first kappa shape index (κ1) is 17.1. The Kier molecular flexibility index (Phi) is 5.13. The summed E-state index contributed by atoms with van der Waals surface area (Å²) in [5, 5.41) is 5.68. The summed E-state index contributed by atoms with van der Waals surface area (Å²) < 4.78 is 10.5. The molecule has 1 fully saturated rings. The van der Waals surface area contributed by atoms with Gasteiger partial charge in [0, 0.05) is 24.9 Å². The molecule has 2 atom stereocenters. The Bertz CT molecular complexity index is 563. The third kappa shape index (κ3) is 4.87. The maximum Gasteiger partial charge on any atom is 0.407 e. The van der Waals surface area contributed by atoms with Crippen LogP contribution < -0.4 is 15.4 Å². The van der Waals surface area contributed by atoms with Gasteiger partial charge in [-0.15, -0.1) is 0 Å². The van der Waals surface area contributed by atoms with E-state index in [9.17, 15) is 9.59 Å². The molecule has 0 saturated carbocycles. The highest BCUT2D eigenvalue weighted by Gasteiger charge is 2.32. The number of hydrogen-bond acceptors (Lipinski definition) is 4. The minimum absolute atomic E-state index is 0.00822. The lowest BCUT2D eigenvalue weighted by molar-refractivity contribution is -0.123. The lowest BCUT2D eigenvalue weighted by atomic mass is 9.86. The Balaban J connectivity index is 2.12. The second-order valence-electron chi connectivity index (χ2n) is 6.64. The molecule has 1 unspecified atom stereocenters. The molecule has 1 aromatic carbocycles. The van der Waals surface area contributed by atoms with Gasteiger partial charge in [-0.25, -0.2) is 4.79 Å². The number of carbonyl (C=O) groups excluding carboxylic acids is 2. The highest BCUT2D eigenvalue weighted by Crippen LogP contribution is 2.26. The van der Waals surface area contributed by atoms with Crippen LogP contribution in [-0.2, 0) is 9.53 Å². The molecular weight excluding hydrogens is 296 g/mol. The first-order valence-electron chi connectivity index (χ1n) is 7.68. The zero-order valence-corrected chi connectivity index (χ0v) is 14.0. The third-order valence-electron chi connectivity index (χ3n) is 3.66. The van der Waals surface area contributed by atoms with Crippen LogP contribution >= 0.6 is 0 Å². The normalized spacial score (nSPS) is 21.3. The van der Waals surface area contributed by atoms with Crippen LogP contribution in [0.1, 0.15) is 38.7 Å². The molecule has 1 heterocycles. The summed E-state index contributed by atoms with van der Waals surface area (Å²) in [7, 11) is 1.61. The van der Waals surface area contributed by atoms with Gasteiger partial charge in [0.25, 0.3) is 0 Å². The number of piperidine rings is 1. The van der Waals surface area contributed by atoms with Crippen molar-refractivity contribution in [1.82, 2.24) is 10.6 Å². The van der Waals surface area contributed by atoms with Gasteiger partial charge in [0.1, 0.15) is 11.4 Å². The Morgan fingerprint density at radius 2 is 1.91 bits per heavy atom. The van der Waals surface area contributed by atoms with Crippen LogP contribution in [0.2, 0.25) is 0 Å². The Labute approximate surface area is 136 Å². The van der Waals surface area contributed by atoms with Gasteiger partial charge in [0.2, 0.25) is 5.91 Å². The van der Waals surface area contributed by atoms with Crippen LogP contribution in [0.25, 0.3) is 0 Å². The summed E-state index contributed by atoms with van der Waals surface area (Å²) in [6, 6.07) is 7.34. The van der Waals surface area contributed by atoms with Gasteiger partial charge in [-0.2, -0.15) is 0 Å². The fourth-order valence-corrected chi connectivity index (χ4v) is 2.59. The van der Waals surface area contributed by atoms with Crippen molar-refractivity contribution >= 4 is 12.0 Å². The van der Waals surface area contributed by atoms with Crippen LogP contribution in [0.3, 0.4) is 0 Å². The summed E-state index contributed by atoms with van der Waals surface area (Å²) in [6.45, 7) is 5.90. The van der Waals surface area contributed by atoms with Crippen molar-refractivity contribution < 1.29 is 19.1 Å². The number of amides is 2. The smallest absolute Gasteiger partial charge is 0.407 e. The van der Waals surface area contributed by atoms with Crippen molar-refractivity contribution in [1.29, 1.82) is 0 Å². The monoisotopic (exact) mass is 320 g/mol. The Hall–Kier alpha value is -2.24. The van der Waals surface area contributed by atoms with E-state index >= 15 is 0 Å². The maximum atomic E-state index is 12.0. The van der Waals surface area contributed by atoms with Crippen molar-refractivity contribution in [2.24, 2.45) is 0 Å². The molecule has 6 heteroatoms. The molecule has 0 spiro atoms. The second kappa shape index (κ2) is 6.89. The van der Waals surface area contributed by atoms with E-state index in [0.717, 1.165) is 11.3 Å². The molecule has 23 heavy (non-hydrogen) atoms. The fourth-order valence-electron chi connectivity index (χ4n) is 2.59. The SMILES string of the molecule is COc1ccc(C2CNC(=O)C[C@H]2NC(=O)OC(C)(C)C)cc1. The minimum atomic E-state index is -0.573. The topological polar surface area (TPSA) is 76.7 Å². The van der Waals surface area contributed by atoms with Crippen molar-refractivity contribution in [3.05, 3.63) is 29.8 Å². The molecule has 1 aliphatic rings. The first-order chi connectivity index (χ1) is 10.8. The van der Waals surface area contributed by atoms with Gasteiger partial charge in [-0.1, -0.05) is 12.1 Å². The summed E-state index contributed by atoms with van der Waals surface area (Å²) in [4.78, 5) is 23.7. The molecule has 0 radical (unpaired) electrons. The van der Waals surface area contributed by atoms with Crippen molar-refractivity contribution in [3.63, 3.8) is 0 Å². The van der Waals surface area contributed by atoms with Crippen LogP contribution in [-0.4, -0.2) is 37.3 Å². The molecule has 0 aromatic heterocycles. The first-order valence-corrected chi connectivity index (χ1v) is 7.68. The highest BCUT2D eigenvalue weighted by molar-refractivity contribution is 5.79. The molecule has 1 aromatic rings. The molecule has 1 saturated heterocycles. The zero-order valence-electron chi connectivity index (χ0n) is 14.0. The number of hydrogen-bond donors (Lipinski definition) is 2. The number of rotatable bonds is 3. The van der Waals surface area contributed by atoms with Gasteiger partial charge in [0.05, 0.1) is 7.11 Å². The number of alkyl carbamates (subject to hydrolysis) is 1. The van der Waals surface area contributed by atoms with Crippen LogP contribution in [0.5, 0.6) is 5.75 Å². The van der Waals surface area contributed by atoms with E-state index in [2.05, 4.69) is 10.6 Å². The second-order valence-corrected chi connectivity index (χ2v) is 6.64. The molecule has 2 amide bonds. The van der Waals surface area contributed by atoms with E-state index in [1.54, 1.807) is 27.9 Å². The predicted molar refractivity (Wildman–Crippen MR) is 86.5 cm³/mol. The van der Waals surface area contributed by atoms with Gasteiger partial charge < -0.3 is 20.1 Å². The standard InChI is InChI=1S/C17H24N2O4/c1-17(2,3)23-16(21)19-14-9-15(20)18-10-13(14)11-5-7-12(22-4)8-6-11/h5-8,13-14H,9-10H2,1-4H3,(H,18,20)(H,19,21)/t13?,14-/m1/s1. The summed E-state index contributed by atoms with van der Waals surface area (Å²) in [5.74, 6) is 0.687. The fraction of sp³-hybridized carbons (Fsp3) is 0.529. The minimum Gasteiger partial charge on any atom is -0.497 e. The molecule has 0 bridgehead atoms. The van der Waals surface area contributed by atoms with E-state index in [1.165, 1.54) is 0 Å². The van der Waals surface area contributed by atoms with Gasteiger partial charge in [-0.05, 0) is 38.5 Å². The van der Waals surface area contributed by atoms with E-state index in [-0.39, 0.29) is 24.3 Å². The van der Waals surface area contributed by atoms with E-state index in [0.29, 0.717) is 6.54 Å².